The molecule has 12 nitrogen and oxygen atoms in total. The first-order valence-electron chi connectivity index (χ1n) is 11.0. The van der Waals surface area contributed by atoms with Gasteiger partial charge in [-0.25, -0.2) is 9.48 Å². The number of carbonyl (C=O) groups is 3. The van der Waals surface area contributed by atoms with E-state index < -0.39 is 29.9 Å². The molecular formula is C23H23N7O5. The normalized spacial score (nSPS) is 21.1. The van der Waals surface area contributed by atoms with Gasteiger partial charge in [0.05, 0.1) is 12.2 Å². The Labute approximate surface area is 200 Å². The molecule has 5 rings (SSSR count). The highest BCUT2D eigenvalue weighted by Crippen LogP contribution is 2.32. The fourth-order valence-corrected chi connectivity index (χ4v) is 4.09. The number of imide groups is 1. The van der Waals surface area contributed by atoms with E-state index in [0.717, 1.165) is 4.90 Å². The lowest BCUT2D eigenvalue weighted by molar-refractivity contribution is -0.138. The van der Waals surface area contributed by atoms with Crippen molar-refractivity contribution >= 4 is 17.8 Å². The lowest BCUT2D eigenvalue weighted by atomic mass is 9.91. The number of ether oxygens (including phenoxy) is 2. The average Bonchev–Trinajstić information content (AvgIpc) is 3.48. The number of nitrogens with one attached hydrogen (secondary N) is 1. The minimum atomic E-state index is -1.34. The molecule has 2 aliphatic rings. The maximum absolute atomic E-state index is 13.3. The van der Waals surface area contributed by atoms with Crippen molar-refractivity contribution in [2.24, 2.45) is 0 Å². The Hall–Kier alpha value is -4.48. The summed E-state index contributed by atoms with van der Waals surface area (Å²) in [5, 5.41) is 13.8. The number of hydrogen-bond acceptors (Lipinski definition) is 8. The standard InChI is InChI=1S/C23H23N7O5/c1-23(15-6-5-7-16(10-15)30-14-24-26-27-30)21(32)29(22(33)25-23)12-20(31)28(2)11-17-13-34-18-8-3-4-9-19(18)35-17/h3-10,14,17H,11-13H2,1-2H3,(H,25,33)/t17-,23-/m0/s1. The summed E-state index contributed by atoms with van der Waals surface area (Å²) < 4.78 is 13.0. The Kier molecular flexibility index (Phi) is 5.55. The molecule has 2 aliphatic heterocycles. The number of rotatable bonds is 6. The molecule has 35 heavy (non-hydrogen) atoms. The molecule has 12 heteroatoms. The van der Waals surface area contributed by atoms with Crippen molar-refractivity contribution in [2.75, 3.05) is 26.7 Å². The number of tetrazole rings is 1. The van der Waals surface area contributed by atoms with E-state index in [1.807, 2.05) is 18.2 Å². The van der Waals surface area contributed by atoms with Crippen LogP contribution in [-0.2, 0) is 15.1 Å². The first-order valence-corrected chi connectivity index (χ1v) is 11.0. The molecule has 1 saturated heterocycles. The van der Waals surface area contributed by atoms with E-state index in [4.69, 9.17) is 9.47 Å². The summed E-state index contributed by atoms with van der Waals surface area (Å²) in [6, 6.07) is 13.6. The van der Waals surface area contributed by atoms with E-state index >= 15 is 0 Å². The molecule has 0 unspecified atom stereocenters. The molecule has 1 aromatic heterocycles. The van der Waals surface area contributed by atoms with Crippen LogP contribution in [0.2, 0.25) is 0 Å². The van der Waals surface area contributed by atoms with Crippen molar-refractivity contribution in [1.29, 1.82) is 0 Å². The van der Waals surface area contributed by atoms with Gasteiger partial charge in [0.15, 0.2) is 17.6 Å². The zero-order chi connectivity index (χ0) is 24.6. The molecule has 0 aliphatic carbocycles. The van der Waals surface area contributed by atoms with Gasteiger partial charge >= 0.3 is 6.03 Å². The number of benzene rings is 2. The number of nitrogens with zero attached hydrogens (tertiary/aromatic N) is 6. The molecule has 1 fully saturated rings. The zero-order valence-corrected chi connectivity index (χ0v) is 19.1. The van der Waals surface area contributed by atoms with Crippen molar-refractivity contribution in [3.05, 3.63) is 60.4 Å². The van der Waals surface area contributed by atoms with Gasteiger partial charge in [-0.1, -0.05) is 24.3 Å². The summed E-state index contributed by atoms with van der Waals surface area (Å²) in [5.41, 5.74) is -0.177. The van der Waals surface area contributed by atoms with Crippen molar-refractivity contribution < 1.29 is 23.9 Å². The van der Waals surface area contributed by atoms with Crippen LogP contribution in [0.4, 0.5) is 4.79 Å². The van der Waals surface area contributed by atoms with Crippen LogP contribution in [0, 0.1) is 0 Å². The average molecular weight is 477 g/mol. The molecule has 3 aromatic rings. The van der Waals surface area contributed by atoms with E-state index in [-0.39, 0.29) is 19.3 Å². The zero-order valence-electron chi connectivity index (χ0n) is 19.1. The lowest BCUT2D eigenvalue weighted by Gasteiger charge is -2.30. The summed E-state index contributed by atoms with van der Waals surface area (Å²) in [4.78, 5) is 41.3. The van der Waals surface area contributed by atoms with Gasteiger partial charge in [-0.15, -0.1) is 5.10 Å². The monoisotopic (exact) mass is 477 g/mol. The van der Waals surface area contributed by atoms with Gasteiger partial charge in [0.2, 0.25) is 5.91 Å². The second-order valence-corrected chi connectivity index (χ2v) is 8.52. The highest BCUT2D eigenvalue weighted by molar-refractivity contribution is 6.09. The topological polar surface area (TPSA) is 132 Å². The van der Waals surface area contributed by atoms with Gasteiger partial charge in [0.1, 0.15) is 25.0 Å². The number of fused-ring (bicyclic) bond motifs is 1. The number of likely N-dealkylation sites (N-methyl/N-ethyl adjacent to an activating group) is 1. The Morgan fingerprint density at radius 1 is 1.20 bits per heavy atom. The van der Waals surface area contributed by atoms with Crippen LogP contribution >= 0.6 is 0 Å². The van der Waals surface area contributed by atoms with E-state index in [0.29, 0.717) is 22.7 Å². The van der Waals surface area contributed by atoms with Crippen LogP contribution in [-0.4, -0.2) is 80.7 Å². The van der Waals surface area contributed by atoms with Crippen molar-refractivity contribution in [3.63, 3.8) is 0 Å². The fraction of sp³-hybridized carbons (Fsp3) is 0.304. The fourth-order valence-electron chi connectivity index (χ4n) is 4.09. The Bertz CT molecular complexity index is 1280. The van der Waals surface area contributed by atoms with E-state index in [1.54, 1.807) is 44.3 Å². The number of aromatic nitrogens is 4. The second-order valence-electron chi connectivity index (χ2n) is 8.52. The van der Waals surface area contributed by atoms with Crippen LogP contribution in [0.1, 0.15) is 12.5 Å². The molecule has 180 valence electrons. The van der Waals surface area contributed by atoms with Crippen LogP contribution in [0.25, 0.3) is 5.69 Å². The van der Waals surface area contributed by atoms with E-state index in [9.17, 15) is 14.4 Å². The largest absolute Gasteiger partial charge is 0.486 e. The lowest BCUT2D eigenvalue weighted by Crippen LogP contribution is -2.47. The number of hydrogen-bond donors (Lipinski definition) is 1. The molecule has 3 heterocycles. The molecule has 0 radical (unpaired) electrons. The molecule has 0 saturated carbocycles. The molecule has 0 spiro atoms. The third-order valence-electron chi connectivity index (χ3n) is 6.08. The smallest absolute Gasteiger partial charge is 0.325 e. The van der Waals surface area contributed by atoms with Crippen LogP contribution in [0.15, 0.2) is 54.9 Å². The van der Waals surface area contributed by atoms with Gasteiger partial charge in [-0.2, -0.15) is 0 Å². The van der Waals surface area contributed by atoms with Gasteiger partial charge in [-0.05, 0) is 47.2 Å². The first kappa shape index (κ1) is 22.3. The van der Waals surface area contributed by atoms with Crippen LogP contribution in [0.5, 0.6) is 11.5 Å². The van der Waals surface area contributed by atoms with Crippen molar-refractivity contribution in [2.45, 2.75) is 18.6 Å². The minimum Gasteiger partial charge on any atom is -0.486 e. The Morgan fingerprint density at radius 3 is 2.77 bits per heavy atom. The Morgan fingerprint density at radius 2 is 2.00 bits per heavy atom. The maximum Gasteiger partial charge on any atom is 0.325 e. The van der Waals surface area contributed by atoms with Crippen molar-refractivity contribution in [3.8, 4) is 17.2 Å². The number of para-hydroxylation sites is 2. The first-order chi connectivity index (χ1) is 16.8. The summed E-state index contributed by atoms with van der Waals surface area (Å²) in [6.45, 7) is 1.73. The summed E-state index contributed by atoms with van der Waals surface area (Å²) >= 11 is 0. The van der Waals surface area contributed by atoms with Gasteiger partial charge in [-0.3, -0.25) is 14.5 Å². The minimum absolute atomic E-state index is 0.238. The molecule has 1 N–H and O–H groups in total. The van der Waals surface area contributed by atoms with Crippen LogP contribution in [0.3, 0.4) is 0 Å². The van der Waals surface area contributed by atoms with E-state index in [1.165, 1.54) is 15.9 Å². The second kappa shape index (κ2) is 8.70. The predicted octanol–water partition coefficient (Wildman–Crippen LogP) is 0.728. The number of amides is 4. The number of carbonyl (C=O) groups excluding carboxylic acids is 3. The maximum atomic E-state index is 13.3. The molecule has 0 bridgehead atoms. The molecule has 2 aromatic carbocycles. The third-order valence-corrected chi connectivity index (χ3v) is 6.08. The third kappa shape index (κ3) is 4.14. The SMILES string of the molecule is CN(C[C@H]1COc2ccccc2O1)C(=O)CN1C(=O)N[C@@](C)(c2cccc(-n3cnnn3)c2)C1=O. The molecule has 4 amide bonds. The van der Waals surface area contributed by atoms with Gasteiger partial charge in [0, 0.05) is 7.05 Å². The number of urea groups is 1. The van der Waals surface area contributed by atoms with Crippen molar-refractivity contribution in [1.82, 2.24) is 35.3 Å². The predicted molar refractivity (Wildman–Crippen MR) is 121 cm³/mol. The quantitative estimate of drug-likeness (QED) is 0.514. The highest BCUT2D eigenvalue weighted by Gasteiger charge is 2.49. The van der Waals surface area contributed by atoms with Crippen LogP contribution < -0.4 is 14.8 Å². The summed E-state index contributed by atoms with van der Waals surface area (Å²) in [7, 11) is 1.60. The molecule has 2 atom stereocenters. The summed E-state index contributed by atoms with van der Waals surface area (Å²) in [6.07, 6.45) is 1.05. The molecular weight excluding hydrogens is 454 g/mol. The van der Waals surface area contributed by atoms with E-state index in [2.05, 4.69) is 20.8 Å². The summed E-state index contributed by atoms with van der Waals surface area (Å²) in [5.74, 6) is 0.339. The van der Waals surface area contributed by atoms with Gasteiger partial charge in [0.25, 0.3) is 5.91 Å². The van der Waals surface area contributed by atoms with Gasteiger partial charge < -0.3 is 19.7 Å². The Balaban J connectivity index is 1.25. The highest BCUT2D eigenvalue weighted by atomic mass is 16.6.